The Kier molecular flexibility index (Phi) is 1.62. The van der Waals surface area contributed by atoms with Crippen LogP contribution in [-0.2, 0) is 9.59 Å². The van der Waals surface area contributed by atoms with E-state index < -0.39 is 6.10 Å². The van der Waals surface area contributed by atoms with Crippen LogP contribution in [0.5, 0.6) is 0 Å². The molecular weight excluding hydrogens is 120 g/mol. The molecule has 0 radical (unpaired) electrons. The number of ketones is 2. The van der Waals surface area contributed by atoms with Gasteiger partial charge in [-0.25, -0.2) is 0 Å². The highest BCUT2D eigenvalue weighted by Gasteiger charge is 2.22. The number of carbonyl (C=O) groups is 2. The lowest BCUT2D eigenvalue weighted by atomic mass is 9.96. The van der Waals surface area contributed by atoms with Crippen LogP contribution in [0, 0.1) is 0 Å². The Morgan fingerprint density at radius 2 is 1.67 bits per heavy atom. The summed E-state index contributed by atoms with van der Waals surface area (Å²) in [7, 11) is 0. The highest BCUT2D eigenvalue weighted by atomic mass is 16.3. The van der Waals surface area contributed by atoms with Crippen LogP contribution < -0.4 is 0 Å². The summed E-state index contributed by atoms with van der Waals surface area (Å²) >= 11 is 0. The summed E-state index contributed by atoms with van der Waals surface area (Å²) in [6, 6.07) is 0. The van der Waals surface area contributed by atoms with Crippen LogP contribution in [0.4, 0.5) is 0 Å². The Labute approximate surface area is 52.7 Å². The van der Waals surface area contributed by atoms with Gasteiger partial charge in [-0.2, -0.15) is 0 Å². The van der Waals surface area contributed by atoms with Gasteiger partial charge in [-0.15, -0.1) is 0 Å². The monoisotopic (exact) mass is 128 g/mol. The van der Waals surface area contributed by atoms with Gasteiger partial charge in [0.2, 0.25) is 0 Å². The van der Waals surface area contributed by atoms with Gasteiger partial charge in [0, 0.05) is 12.8 Å². The fourth-order valence-corrected chi connectivity index (χ4v) is 0.962. The third-order valence-corrected chi connectivity index (χ3v) is 1.32. The van der Waals surface area contributed by atoms with Crippen molar-refractivity contribution in [2.45, 2.75) is 25.4 Å². The second kappa shape index (κ2) is 2.27. The second-order valence-electron chi connectivity index (χ2n) is 2.32. The van der Waals surface area contributed by atoms with Crippen LogP contribution in [0.3, 0.4) is 0 Å². The first-order valence-corrected chi connectivity index (χ1v) is 2.90. The summed E-state index contributed by atoms with van der Waals surface area (Å²) in [5.41, 5.74) is 0. The third-order valence-electron chi connectivity index (χ3n) is 1.32. The summed E-state index contributed by atoms with van der Waals surface area (Å²) in [5, 5.41) is 8.81. The zero-order valence-electron chi connectivity index (χ0n) is 4.96. The maximum absolute atomic E-state index is 10.5. The van der Waals surface area contributed by atoms with Crippen LogP contribution in [-0.4, -0.2) is 22.8 Å². The molecule has 0 bridgehead atoms. The molecule has 9 heavy (non-hydrogen) atoms. The van der Waals surface area contributed by atoms with Crippen molar-refractivity contribution in [2.24, 2.45) is 0 Å². The van der Waals surface area contributed by atoms with E-state index in [1.807, 2.05) is 0 Å². The maximum atomic E-state index is 10.5. The molecule has 1 rings (SSSR count). The molecule has 50 valence electrons. The molecule has 0 aromatic carbocycles. The lowest BCUT2D eigenvalue weighted by Crippen LogP contribution is -2.25. The molecular formula is C6H8O3. The van der Waals surface area contributed by atoms with Crippen molar-refractivity contribution in [3.8, 4) is 0 Å². The van der Waals surface area contributed by atoms with Crippen LogP contribution in [0.2, 0.25) is 0 Å². The molecule has 0 heterocycles. The number of hydrogen-bond acceptors (Lipinski definition) is 3. The highest BCUT2D eigenvalue weighted by molar-refractivity contribution is 6.01. The molecule has 1 saturated carbocycles. The molecule has 0 unspecified atom stereocenters. The quantitative estimate of drug-likeness (QED) is 0.454. The summed E-state index contributed by atoms with van der Waals surface area (Å²) in [4.78, 5) is 21.0. The van der Waals surface area contributed by atoms with Gasteiger partial charge in [0.1, 0.15) is 11.6 Å². The predicted molar refractivity (Wildman–Crippen MR) is 29.9 cm³/mol. The van der Waals surface area contributed by atoms with Crippen LogP contribution in [0.25, 0.3) is 0 Å². The van der Waals surface area contributed by atoms with E-state index in [0.29, 0.717) is 0 Å². The number of carbonyl (C=O) groups excluding carboxylic acids is 2. The minimum absolute atomic E-state index is 0.0249. The largest absolute Gasteiger partial charge is 0.392 e. The van der Waals surface area contributed by atoms with Gasteiger partial charge in [-0.3, -0.25) is 9.59 Å². The van der Waals surface area contributed by atoms with Crippen molar-refractivity contribution in [3.63, 3.8) is 0 Å². The minimum atomic E-state index is -0.709. The molecule has 0 aromatic rings. The molecule has 3 heteroatoms. The van der Waals surface area contributed by atoms with E-state index in [1.165, 1.54) is 0 Å². The number of Topliss-reactive ketones (excluding diaryl/α,β-unsaturated/α-hetero) is 2. The summed E-state index contributed by atoms with van der Waals surface area (Å²) in [5.74, 6) is -0.280. The Bertz CT molecular complexity index is 134. The Morgan fingerprint density at radius 1 is 1.22 bits per heavy atom. The Morgan fingerprint density at radius 3 is 2.00 bits per heavy atom. The molecule has 1 N–H and O–H groups in total. The van der Waals surface area contributed by atoms with E-state index in [0.717, 1.165) is 0 Å². The molecule has 0 aromatic heterocycles. The first-order valence-electron chi connectivity index (χ1n) is 2.90. The molecule has 0 aliphatic heterocycles. The van der Waals surface area contributed by atoms with E-state index in [4.69, 9.17) is 5.11 Å². The average Bonchev–Trinajstić information content (AvgIpc) is 1.59. The lowest BCUT2D eigenvalue weighted by Gasteiger charge is -2.13. The summed E-state index contributed by atoms with van der Waals surface area (Å²) in [6.07, 6.45) is -0.368. The number of rotatable bonds is 0. The van der Waals surface area contributed by atoms with Crippen LogP contribution >= 0.6 is 0 Å². The van der Waals surface area contributed by atoms with Gasteiger partial charge in [0.05, 0.1) is 12.5 Å². The molecule has 3 nitrogen and oxygen atoms in total. The first kappa shape index (κ1) is 6.42. The van der Waals surface area contributed by atoms with Crippen molar-refractivity contribution in [3.05, 3.63) is 0 Å². The van der Waals surface area contributed by atoms with Gasteiger partial charge in [0.15, 0.2) is 0 Å². The molecule has 1 fully saturated rings. The fraction of sp³-hybridized carbons (Fsp3) is 0.667. The fourth-order valence-electron chi connectivity index (χ4n) is 0.962. The molecule has 0 amide bonds. The molecule has 1 aliphatic rings. The average molecular weight is 128 g/mol. The topological polar surface area (TPSA) is 54.4 Å². The van der Waals surface area contributed by atoms with Crippen molar-refractivity contribution in [1.82, 2.24) is 0 Å². The first-order chi connectivity index (χ1) is 4.18. The molecule has 0 saturated heterocycles. The standard InChI is InChI=1S/C6H8O3/c7-4-1-5(8)3-6(9)2-4/h4,7H,1-3H2. The van der Waals surface area contributed by atoms with Crippen molar-refractivity contribution < 1.29 is 14.7 Å². The minimum Gasteiger partial charge on any atom is -0.392 e. The Hall–Kier alpha value is -0.700. The number of hydrogen-bond donors (Lipinski definition) is 1. The van der Waals surface area contributed by atoms with E-state index in [1.54, 1.807) is 0 Å². The third kappa shape index (κ3) is 1.61. The SMILES string of the molecule is O=C1CC(=O)CC(O)C1. The van der Waals surface area contributed by atoms with Gasteiger partial charge >= 0.3 is 0 Å². The van der Waals surface area contributed by atoms with Crippen molar-refractivity contribution in [1.29, 1.82) is 0 Å². The zero-order valence-corrected chi connectivity index (χ0v) is 4.96. The van der Waals surface area contributed by atoms with Crippen molar-refractivity contribution in [2.75, 3.05) is 0 Å². The van der Waals surface area contributed by atoms with E-state index in [2.05, 4.69) is 0 Å². The predicted octanol–water partition coefficient (Wildman–Crippen LogP) is -0.331. The van der Waals surface area contributed by atoms with Gasteiger partial charge in [0.25, 0.3) is 0 Å². The summed E-state index contributed by atoms with van der Waals surface area (Å²) in [6.45, 7) is 0. The van der Waals surface area contributed by atoms with Gasteiger partial charge in [-0.1, -0.05) is 0 Å². The number of aliphatic hydroxyl groups excluding tert-OH is 1. The molecule has 0 atom stereocenters. The van der Waals surface area contributed by atoms with Gasteiger partial charge < -0.3 is 5.11 Å². The zero-order chi connectivity index (χ0) is 6.85. The maximum Gasteiger partial charge on any atom is 0.142 e. The second-order valence-corrected chi connectivity index (χ2v) is 2.32. The normalized spacial score (nSPS) is 22.8. The van der Waals surface area contributed by atoms with Gasteiger partial charge in [-0.05, 0) is 0 Å². The van der Waals surface area contributed by atoms with Crippen LogP contribution in [0.1, 0.15) is 19.3 Å². The van der Waals surface area contributed by atoms with E-state index in [-0.39, 0.29) is 30.8 Å². The van der Waals surface area contributed by atoms with E-state index in [9.17, 15) is 9.59 Å². The number of aliphatic hydroxyl groups is 1. The van der Waals surface area contributed by atoms with Crippen molar-refractivity contribution >= 4 is 11.6 Å². The Balaban J connectivity index is 2.53. The van der Waals surface area contributed by atoms with Crippen LogP contribution in [0.15, 0.2) is 0 Å². The van der Waals surface area contributed by atoms with E-state index >= 15 is 0 Å². The molecule has 0 spiro atoms. The lowest BCUT2D eigenvalue weighted by molar-refractivity contribution is -0.133. The molecule has 1 aliphatic carbocycles. The summed E-state index contributed by atoms with van der Waals surface area (Å²) < 4.78 is 0. The smallest absolute Gasteiger partial charge is 0.142 e. The highest BCUT2D eigenvalue weighted by Crippen LogP contribution is 2.10.